The monoisotopic (exact) mass is 433 g/mol. The number of ether oxygens (including phenoxy) is 1. The summed E-state index contributed by atoms with van der Waals surface area (Å²) in [5.41, 5.74) is 2.21. The fourth-order valence-corrected chi connectivity index (χ4v) is 2.71. The van der Waals surface area contributed by atoms with Crippen LogP contribution >= 0.6 is 23.2 Å². The molecule has 0 saturated heterocycles. The van der Waals surface area contributed by atoms with Gasteiger partial charge in [-0.2, -0.15) is 4.80 Å². The SMILES string of the molecule is Cc1ccc(-c2nnn(CC(=O)OC(C)C(=O)Nc3cccc(Cl)c3Cl)n2)cc1. The standard InChI is InChI=1S/C19H17Cl2N5O3/c1-11-6-8-13(9-7-11)18-23-25-26(24-18)10-16(27)29-12(2)19(28)22-15-5-3-4-14(20)17(15)21/h3-9,12H,10H2,1-2H3,(H,22,28). The third-order valence-corrected chi connectivity index (χ3v) is 4.74. The number of rotatable bonds is 6. The van der Waals surface area contributed by atoms with Gasteiger partial charge in [0.2, 0.25) is 5.82 Å². The van der Waals surface area contributed by atoms with Crippen LogP contribution in [-0.2, 0) is 20.9 Å². The lowest BCUT2D eigenvalue weighted by atomic mass is 10.1. The molecule has 1 N–H and O–H groups in total. The largest absolute Gasteiger partial charge is 0.451 e. The molecule has 0 aliphatic rings. The van der Waals surface area contributed by atoms with E-state index in [-0.39, 0.29) is 11.6 Å². The first-order chi connectivity index (χ1) is 13.8. The lowest BCUT2D eigenvalue weighted by molar-refractivity contribution is -0.154. The number of halogens is 2. The molecule has 0 fully saturated rings. The van der Waals surface area contributed by atoms with E-state index in [1.54, 1.807) is 18.2 Å². The van der Waals surface area contributed by atoms with Crippen molar-refractivity contribution >= 4 is 40.8 Å². The summed E-state index contributed by atoms with van der Waals surface area (Å²) >= 11 is 11.9. The van der Waals surface area contributed by atoms with Gasteiger partial charge in [0.1, 0.15) is 0 Å². The number of nitrogens with one attached hydrogen (secondary N) is 1. The van der Waals surface area contributed by atoms with E-state index >= 15 is 0 Å². The van der Waals surface area contributed by atoms with Crippen molar-refractivity contribution in [2.24, 2.45) is 0 Å². The Labute approximate surface area is 176 Å². The normalized spacial score (nSPS) is 11.7. The number of hydrogen-bond acceptors (Lipinski definition) is 6. The molecule has 0 aliphatic heterocycles. The number of tetrazole rings is 1. The van der Waals surface area contributed by atoms with Crippen molar-refractivity contribution in [3.8, 4) is 11.4 Å². The molecule has 29 heavy (non-hydrogen) atoms. The number of benzene rings is 2. The number of carbonyl (C=O) groups is 2. The third-order valence-electron chi connectivity index (χ3n) is 3.92. The number of esters is 1. The maximum absolute atomic E-state index is 12.2. The topological polar surface area (TPSA) is 99.0 Å². The van der Waals surface area contributed by atoms with Crippen molar-refractivity contribution in [2.75, 3.05) is 5.32 Å². The van der Waals surface area contributed by atoms with Gasteiger partial charge in [-0.15, -0.1) is 10.2 Å². The number of amides is 1. The molecule has 1 atom stereocenters. The maximum Gasteiger partial charge on any atom is 0.330 e. The highest BCUT2D eigenvalue weighted by Crippen LogP contribution is 2.29. The van der Waals surface area contributed by atoms with E-state index in [4.69, 9.17) is 27.9 Å². The Balaban J connectivity index is 1.57. The Kier molecular flexibility index (Phi) is 6.46. The minimum Gasteiger partial charge on any atom is -0.451 e. The molecule has 0 radical (unpaired) electrons. The summed E-state index contributed by atoms with van der Waals surface area (Å²) in [5.74, 6) is -0.841. The molecule has 1 aromatic heterocycles. The van der Waals surface area contributed by atoms with Crippen LogP contribution in [0.4, 0.5) is 5.69 Å². The summed E-state index contributed by atoms with van der Waals surface area (Å²) in [6.45, 7) is 3.13. The molecule has 0 aliphatic carbocycles. The number of carbonyl (C=O) groups excluding carboxylic acids is 2. The Bertz CT molecular complexity index is 1040. The summed E-state index contributed by atoms with van der Waals surface area (Å²) in [7, 11) is 0. The zero-order chi connectivity index (χ0) is 21.0. The average molecular weight is 434 g/mol. The van der Waals surface area contributed by atoms with Crippen molar-refractivity contribution in [1.29, 1.82) is 0 Å². The van der Waals surface area contributed by atoms with Gasteiger partial charge in [0, 0.05) is 5.56 Å². The number of aryl methyl sites for hydroxylation is 1. The van der Waals surface area contributed by atoms with Gasteiger partial charge < -0.3 is 10.1 Å². The molecule has 3 aromatic rings. The first kappa shape index (κ1) is 20.8. The van der Waals surface area contributed by atoms with Crippen LogP contribution in [0.2, 0.25) is 10.0 Å². The molecule has 0 spiro atoms. The van der Waals surface area contributed by atoms with Gasteiger partial charge in [-0.05, 0) is 31.2 Å². The molecular weight excluding hydrogens is 417 g/mol. The number of hydrogen-bond donors (Lipinski definition) is 1. The molecule has 3 rings (SSSR count). The summed E-state index contributed by atoms with van der Waals surface area (Å²) in [4.78, 5) is 25.5. The first-order valence-electron chi connectivity index (χ1n) is 8.62. The van der Waals surface area contributed by atoms with E-state index in [9.17, 15) is 9.59 Å². The predicted octanol–water partition coefficient (Wildman–Crippen LogP) is 3.53. The van der Waals surface area contributed by atoms with E-state index in [0.29, 0.717) is 16.5 Å². The molecular formula is C19H17Cl2N5O3. The Hall–Kier alpha value is -2.97. The second-order valence-electron chi connectivity index (χ2n) is 6.23. The zero-order valence-electron chi connectivity index (χ0n) is 15.6. The second-order valence-corrected chi connectivity index (χ2v) is 7.02. The second kappa shape index (κ2) is 9.02. The van der Waals surface area contributed by atoms with E-state index in [2.05, 4.69) is 20.7 Å². The first-order valence-corrected chi connectivity index (χ1v) is 9.38. The molecule has 2 aromatic carbocycles. The third kappa shape index (κ3) is 5.30. The van der Waals surface area contributed by atoms with E-state index in [0.717, 1.165) is 15.9 Å². The highest BCUT2D eigenvalue weighted by atomic mass is 35.5. The molecule has 1 unspecified atom stereocenters. The maximum atomic E-state index is 12.2. The smallest absolute Gasteiger partial charge is 0.330 e. The van der Waals surface area contributed by atoms with Gasteiger partial charge in [-0.3, -0.25) is 4.79 Å². The molecule has 0 bridgehead atoms. The number of anilines is 1. The van der Waals surface area contributed by atoms with Crippen LogP contribution in [0.25, 0.3) is 11.4 Å². The fraction of sp³-hybridized carbons (Fsp3) is 0.211. The van der Waals surface area contributed by atoms with Crippen molar-refractivity contribution in [2.45, 2.75) is 26.5 Å². The van der Waals surface area contributed by atoms with Gasteiger partial charge in [-0.1, -0.05) is 59.1 Å². The van der Waals surface area contributed by atoms with E-state index < -0.39 is 18.0 Å². The molecule has 1 amide bonds. The quantitative estimate of drug-likeness (QED) is 0.596. The van der Waals surface area contributed by atoms with Crippen LogP contribution in [0.1, 0.15) is 12.5 Å². The van der Waals surface area contributed by atoms with E-state index in [1.165, 1.54) is 6.92 Å². The summed E-state index contributed by atoms with van der Waals surface area (Å²) in [6, 6.07) is 12.4. The van der Waals surface area contributed by atoms with Crippen LogP contribution < -0.4 is 5.32 Å². The molecule has 1 heterocycles. The molecule has 10 heteroatoms. The highest BCUT2D eigenvalue weighted by molar-refractivity contribution is 6.44. The van der Waals surface area contributed by atoms with Gasteiger partial charge in [0.25, 0.3) is 5.91 Å². The Morgan fingerprint density at radius 1 is 1.17 bits per heavy atom. The van der Waals surface area contributed by atoms with Crippen LogP contribution in [-0.4, -0.2) is 38.2 Å². The number of nitrogens with zero attached hydrogens (tertiary/aromatic N) is 4. The van der Waals surface area contributed by atoms with Gasteiger partial charge in [0.15, 0.2) is 12.6 Å². The van der Waals surface area contributed by atoms with Crippen molar-refractivity contribution in [3.63, 3.8) is 0 Å². The van der Waals surface area contributed by atoms with Crippen LogP contribution in [0, 0.1) is 6.92 Å². The minimum atomic E-state index is -1.06. The average Bonchev–Trinajstić information content (AvgIpc) is 3.14. The van der Waals surface area contributed by atoms with Crippen molar-refractivity contribution < 1.29 is 14.3 Å². The van der Waals surface area contributed by atoms with E-state index in [1.807, 2.05) is 31.2 Å². The molecule has 8 nitrogen and oxygen atoms in total. The van der Waals surface area contributed by atoms with Gasteiger partial charge in [0.05, 0.1) is 15.7 Å². The Morgan fingerprint density at radius 3 is 2.62 bits per heavy atom. The highest BCUT2D eigenvalue weighted by Gasteiger charge is 2.20. The van der Waals surface area contributed by atoms with Gasteiger partial charge in [-0.25, -0.2) is 4.79 Å². The molecule has 150 valence electrons. The minimum absolute atomic E-state index is 0.205. The lowest BCUT2D eigenvalue weighted by Crippen LogP contribution is -2.31. The predicted molar refractivity (Wildman–Crippen MR) is 109 cm³/mol. The van der Waals surface area contributed by atoms with Crippen LogP contribution in [0.15, 0.2) is 42.5 Å². The fourth-order valence-electron chi connectivity index (χ4n) is 2.37. The van der Waals surface area contributed by atoms with Crippen LogP contribution in [0.3, 0.4) is 0 Å². The number of aromatic nitrogens is 4. The lowest BCUT2D eigenvalue weighted by Gasteiger charge is -2.14. The summed E-state index contributed by atoms with van der Waals surface area (Å²) < 4.78 is 5.13. The van der Waals surface area contributed by atoms with Crippen molar-refractivity contribution in [1.82, 2.24) is 20.2 Å². The summed E-state index contributed by atoms with van der Waals surface area (Å²) in [5, 5.41) is 15.0. The van der Waals surface area contributed by atoms with Gasteiger partial charge >= 0.3 is 5.97 Å². The van der Waals surface area contributed by atoms with Crippen molar-refractivity contribution in [3.05, 3.63) is 58.1 Å². The summed E-state index contributed by atoms with van der Waals surface area (Å²) in [6.07, 6.45) is -1.06. The zero-order valence-corrected chi connectivity index (χ0v) is 17.1. The van der Waals surface area contributed by atoms with Crippen LogP contribution in [0.5, 0.6) is 0 Å². The Morgan fingerprint density at radius 2 is 1.90 bits per heavy atom. The molecule has 0 saturated carbocycles.